The fourth-order valence-electron chi connectivity index (χ4n) is 0.392. The number of H-pyrrole nitrogens is 1. The van der Waals surface area contributed by atoms with Crippen molar-refractivity contribution in [2.45, 2.75) is 13.5 Å². The summed E-state index contributed by atoms with van der Waals surface area (Å²) in [6.45, 7) is 2.74. The number of nitrogens with one attached hydrogen (secondary N) is 1. The number of rotatable bonds is 1. The summed E-state index contributed by atoms with van der Waals surface area (Å²) in [6.07, 6.45) is 0. The molecule has 0 saturated carbocycles. The topological polar surface area (TPSA) is 46.5 Å². The second-order valence-electron chi connectivity index (χ2n) is 1.32. The van der Waals surface area contributed by atoms with Crippen LogP contribution < -0.4 is 18.9 Å². The second kappa shape index (κ2) is 3.83. The normalized spacial score (nSPS) is 8.56. The van der Waals surface area contributed by atoms with E-state index in [2.05, 4.69) is 27.6 Å². The van der Waals surface area contributed by atoms with Crippen LogP contribution in [0.2, 0.25) is 0 Å². The molecule has 0 aliphatic rings. The molecule has 0 amide bonds. The summed E-state index contributed by atoms with van der Waals surface area (Å²) >= 11 is 4.65. The molecular weight excluding hydrogens is 131 g/mol. The maximum absolute atomic E-state index is 4.65. The van der Waals surface area contributed by atoms with Gasteiger partial charge in [-0.05, 0) is 24.4 Å². The van der Waals surface area contributed by atoms with Gasteiger partial charge in [-0.1, -0.05) is 5.10 Å². The molecule has 6 heteroatoms. The summed E-state index contributed by atoms with van der Waals surface area (Å²) in [7, 11) is 0. The Morgan fingerprint density at radius 1 is 1.89 bits per heavy atom. The van der Waals surface area contributed by atoms with Crippen molar-refractivity contribution in [2.75, 3.05) is 0 Å². The van der Waals surface area contributed by atoms with Crippen molar-refractivity contribution in [3.63, 3.8) is 0 Å². The SMILES string of the molecule is CCn1nnc(=S)[nH]1.[H-].[Li+]. The van der Waals surface area contributed by atoms with Crippen molar-refractivity contribution in [3.05, 3.63) is 4.77 Å². The molecule has 0 aromatic carbocycles. The van der Waals surface area contributed by atoms with Gasteiger partial charge in [0.1, 0.15) is 0 Å². The van der Waals surface area contributed by atoms with E-state index in [-0.39, 0.29) is 20.3 Å². The molecule has 0 radical (unpaired) electrons. The van der Waals surface area contributed by atoms with Gasteiger partial charge in [-0.15, -0.1) is 0 Å². The summed E-state index contributed by atoms with van der Waals surface area (Å²) in [5.41, 5.74) is 0. The molecule has 1 aromatic heterocycles. The third-order valence-corrected chi connectivity index (χ3v) is 0.941. The molecule has 0 atom stereocenters. The van der Waals surface area contributed by atoms with Gasteiger partial charge in [0, 0.05) is 0 Å². The monoisotopic (exact) mass is 138 g/mol. The zero-order valence-electron chi connectivity index (χ0n) is 6.46. The summed E-state index contributed by atoms with van der Waals surface area (Å²) in [6, 6.07) is 0. The Morgan fingerprint density at radius 3 is 2.78 bits per heavy atom. The Balaban J connectivity index is 0. The van der Waals surface area contributed by atoms with Crippen LogP contribution in [0, 0.1) is 4.77 Å². The van der Waals surface area contributed by atoms with Crippen molar-refractivity contribution in [3.8, 4) is 0 Å². The summed E-state index contributed by atoms with van der Waals surface area (Å²) in [5.74, 6) is 0. The third-order valence-electron chi connectivity index (χ3n) is 0.768. The molecule has 0 unspecified atom stereocenters. The number of aryl methyl sites for hydroxylation is 1. The maximum Gasteiger partial charge on any atom is 1.00 e. The van der Waals surface area contributed by atoms with Crippen molar-refractivity contribution >= 4 is 12.2 Å². The molecule has 0 fully saturated rings. The zero-order chi connectivity index (χ0) is 5.98. The number of aromatic nitrogens is 4. The minimum absolute atomic E-state index is 0. The molecule has 1 heterocycles. The smallest absolute Gasteiger partial charge is 1.00 e. The first-order valence-corrected chi connectivity index (χ1v) is 2.73. The molecule has 0 aliphatic carbocycles. The van der Waals surface area contributed by atoms with Gasteiger partial charge < -0.3 is 1.43 Å². The van der Waals surface area contributed by atoms with Gasteiger partial charge in [0.15, 0.2) is 0 Å². The van der Waals surface area contributed by atoms with E-state index in [0.717, 1.165) is 6.54 Å². The fraction of sp³-hybridized carbons (Fsp3) is 0.667. The molecule has 0 bridgehead atoms. The first-order chi connectivity index (χ1) is 3.83. The Bertz CT molecular complexity index is 220. The third kappa shape index (κ3) is 2.31. The van der Waals surface area contributed by atoms with Crippen LogP contribution in [0.1, 0.15) is 8.35 Å². The number of hydrogen-bond donors (Lipinski definition) is 1. The number of aromatic amines is 1. The minimum Gasteiger partial charge on any atom is -1.00 e. The standard InChI is InChI=1S/C3H6N4S.Li.H/c1-2-7-5-3(8)4-6-7;;/h2H2,1H3,(H,5,8);;/q;+1;-1. The molecule has 4 nitrogen and oxygen atoms in total. The van der Waals surface area contributed by atoms with Crippen molar-refractivity contribution in [1.29, 1.82) is 0 Å². The molecule has 1 rings (SSSR count). The molecule has 1 aromatic rings. The van der Waals surface area contributed by atoms with E-state index in [9.17, 15) is 0 Å². The molecular formula is C3H7LiN4S. The van der Waals surface area contributed by atoms with Crippen LogP contribution in [0.25, 0.3) is 0 Å². The predicted octanol–water partition coefficient (Wildman–Crippen LogP) is -2.53. The van der Waals surface area contributed by atoms with E-state index in [1.165, 1.54) is 0 Å². The quantitative estimate of drug-likeness (QED) is 0.344. The van der Waals surface area contributed by atoms with E-state index in [1.54, 1.807) is 4.80 Å². The van der Waals surface area contributed by atoms with Crippen LogP contribution >= 0.6 is 12.2 Å². The average molecular weight is 138 g/mol. The summed E-state index contributed by atoms with van der Waals surface area (Å²) in [5, 5.41) is 9.94. The van der Waals surface area contributed by atoms with Gasteiger partial charge in [0.05, 0.1) is 6.54 Å². The van der Waals surface area contributed by atoms with Crippen molar-refractivity contribution in [2.24, 2.45) is 0 Å². The predicted molar refractivity (Wildman–Crippen MR) is 32.0 cm³/mol. The van der Waals surface area contributed by atoms with Gasteiger partial charge in [0.2, 0.25) is 4.77 Å². The number of hydrogen-bond acceptors (Lipinski definition) is 3. The van der Waals surface area contributed by atoms with Crippen LogP contribution in [0.3, 0.4) is 0 Å². The average Bonchev–Trinajstić information content (AvgIpc) is 2.14. The molecule has 0 aliphatic heterocycles. The van der Waals surface area contributed by atoms with Gasteiger partial charge in [-0.3, -0.25) is 5.10 Å². The van der Waals surface area contributed by atoms with Gasteiger partial charge >= 0.3 is 18.9 Å². The largest absolute Gasteiger partial charge is 1.00 e. The van der Waals surface area contributed by atoms with E-state index < -0.39 is 0 Å². The first-order valence-electron chi connectivity index (χ1n) is 2.32. The van der Waals surface area contributed by atoms with Gasteiger partial charge in [-0.2, -0.15) is 4.80 Å². The van der Waals surface area contributed by atoms with E-state index in [4.69, 9.17) is 0 Å². The number of tetrazole rings is 1. The molecule has 9 heavy (non-hydrogen) atoms. The second-order valence-corrected chi connectivity index (χ2v) is 1.71. The van der Waals surface area contributed by atoms with E-state index >= 15 is 0 Å². The first kappa shape index (κ1) is 8.89. The summed E-state index contributed by atoms with van der Waals surface area (Å²) in [4.78, 5) is 1.57. The Hall–Kier alpha value is -0.113. The van der Waals surface area contributed by atoms with Crippen LogP contribution in [0.4, 0.5) is 0 Å². The van der Waals surface area contributed by atoms with Gasteiger partial charge in [0.25, 0.3) is 0 Å². The van der Waals surface area contributed by atoms with Gasteiger partial charge in [-0.25, -0.2) is 0 Å². The van der Waals surface area contributed by atoms with E-state index in [1.807, 2.05) is 6.92 Å². The molecule has 0 spiro atoms. The van der Waals surface area contributed by atoms with Crippen LogP contribution in [0.15, 0.2) is 0 Å². The van der Waals surface area contributed by atoms with Crippen LogP contribution in [-0.2, 0) is 6.54 Å². The van der Waals surface area contributed by atoms with Crippen LogP contribution in [-0.4, -0.2) is 20.2 Å². The van der Waals surface area contributed by atoms with Crippen molar-refractivity contribution in [1.82, 2.24) is 20.2 Å². The molecule has 46 valence electrons. The summed E-state index contributed by atoms with van der Waals surface area (Å²) < 4.78 is 0.437. The zero-order valence-corrected chi connectivity index (χ0v) is 6.27. The fourth-order valence-corrected chi connectivity index (χ4v) is 0.534. The minimum atomic E-state index is 0. The van der Waals surface area contributed by atoms with Crippen LogP contribution in [0.5, 0.6) is 0 Å². The Morgan fingerprint density at radius 2 is 2.56 bits per heavy atom. The number of nitrogens with zero attached hydrogens (tertiary/aromatic N) is 3. The maximum atomic E-state index is 4.65. The van der Waals surface area contributed by atoms with Crippen molar-refractivity contribution < 1.29 is 20.3 Å². The van der Waals surface area contributed by atoms with E-state index in [0.29, 0.717) is 4.77 Å². The Labute approximate surface area is 71.3 Å². The molecule has 1 N–H and O–H groups in total. The Kier molecular flexibility index (Phi) is 3.78. The molecule has 0 saturated heterocycles.